The third-order valence-electron chi connectivity index (χ3n) is 5.55. The highest BCUT2D eigenvalue weighted by atomic mass is 16.2. The summed E-state index contributed by atoms with van der Waals surface area (Å²) in [5, 5.41) is 11.4. The second kappa shape index (κ2) is 7.80. The molecule has 2 aromatic rings. The minimum atomic E-state index is -0.162. The Hall–Kier alpha value is -2.21. The highest BCUT2D eigenvalue weighted by Gasteiger charge is 2.31. The Morgan fingerprint density at radius 2 is 2.11 bits per heavy atom. The van der Waals surface area contributed by atoms with E-state index in [0.717, 1.165) is 30.0 Å². The van der Waals surface area contributed by atoms with Gasteiger partial charge in [0.15, 0.2) is 5.69 Å². The zero-order chi connectivity index (χ0) is 19.6. The fraction of sp³-hybridized carbons (Fsp3) is 0.571. The molecule has 1 atom stereocenters. The summed E-state index contributed by atoms with van der Waals surface area (Å²) in [5.41, 5.74) is 3.12. The third kappa shape index (κ3) is 4.38. The third-order valence-corrected chi connectivity index (χ3v) is 5.55. The van der Waals surface area contributed by atoms with Crippen LogP contribution in [-0.4, -0.2) is 51.0 Å². The van der Waals surface area contributed by atoms with E-state index >= 15 is 0 Å². The molecule has 1 aliphatic heterocycles. The van der Waals surface area contributed by atoms with Crippen molar-refractivity contribution in [3.05, 3.63) is 41.2 Å². The Labute approximate surface area is 161 Å². The van der Waals surface area contributed by atoms with Crippen molar-refractivity contribution in [1.82, 2.24) is 25.2 Å². The molecule has 1 N–H and O–H groups in total. The molecule has 0 aliphatic carbocycles. The van der Waals surface area contributed by atoms with Crippen LogP contribution in [0.25, 0.3) is 5.69 Å². The molecule has 3 rings (SSSR count). The first kappa shape index (κ1) is 19.5. The Balaban J connectivity index is 1.68. The molecule has 6 nitrogen and oxygen atoms in total. The standard InChI is InChI=1S/C21H31N5O/c1-15-8-6-10-18(12-15)26-17(3)19(23-24-26)20(27)22-14-21(4,5)25-11-7-9-16(2)13-25/h6,8,10,12,16H,7,9,11,13-14H2,1-5H3,(H,22,27). The van der Waals surface area contributed by atoms with Gasteiger partial charge in [-0.15, -0.1) is 5.10 Å². The summed E-state index contributed by atoms with van der Waals surface area (Å²) in [4.78, 5) is 15.2. The quantitative estimate of drug-likeness (QED) is 0.879. The summed E-state index contributed by atoms with van der Waals surface area (Å²) in [6.07, 6.45) is 2.52. The van der Waals surface area contributed by atoms with Crippen molar-refractivity contribution in [2.24, 2.45) is 5.92 Å². The van der Waals surface area contributed by atoms with Gasteiger partial charge in [0.2, 0.25) is 0 Å². The number of benzene rings is 1. The fourth-order valence-electron chi connectivity index (χ4n) is 3.78. The van der Waals surface area contributed by atoms with Crippen molar-refractivity contribution >= 4 is 5.91 Å². The summed E-state index contributed by atoms with van der Waals surface area (Å²) in [6, 6.07) is 8.02. The number of nitrogens with one attached hydrogen (secondary N) is 1. The number of carbonyl (C=O) groups is 1. The lowest BCUT2D eigenvalue weighted by Crippen LogP contribution is -2.54. The average Bonchev–Trinajstić information content (AvgIpc) is 3.01. The van der Waals surface area contributed by atoms with Crippen molar-refractivity contribution in [2.75, 3.05) is 19.6 Å². The number of nitrogens with zero attached hydrogens (tertiary/aromatic N) is 4. The number of carbonyl (C=O) groups excluding carboxylic acids is 1. The van der Waals surface area contributed by atoms with Crippen LogP contribution in [0.15, 0.2) is 24.3 Å². The van der Waals surface area contributed by atoms with E-state index < -0.39 is 0 Å². The van der Waals surface area contributed by atoms with E-state index in [1.165, 1.54) is 12.8 Å². The molecule has 0 bridgehead atoms. The van der Waals surface area contributed by atoms with Gasteiger partial charge in [0.25, 0.3) is 5.91 Å². The van der Waals surface area contributed by atoms with Gasteiger partial charge < -0.3 is 5.32 Å². The van der Waals surface area contributed by atoms with Gasteiger partial charge in [-0.1, -0.05) is 24.3 Å². The lowest BCUT2D eigenvalue weighted by molar-refractivity contribution is 0.0655. The predicted octanol–water partition coefficient (Wildman–Crippen LogP) is 3.12. The molecule has 0 spiro atoms. The van der Waals surface area contributed by atoms with E-state index in [1.54, 1.807) is 4.68 Å². The van der Waals surface area contributed by atoms with Gasteiger partial charge in [0.05, 0.1) is 11.4 Å². The minimum absolute atomic E-state index is 0.0786. The van der Waals surface area contributed by atoms with Gasteiger partial charge in [-0.05, 0) is 70.7 Å². The average molecular weight is 370 g/mol. The van der Waals surface area contributed by atoms with Crippen LogP contribution in [0.4, 0.5) is 0 Å². The van der Waals surface area contributed by atoms with Crippen molar-refractivity contribution in [2.45, 2.75) is 53.0 Å². The van der Waals surface area contributed by atoms with Gasteiger partial charge in [0, 0.05) is 18.6 Å². The topological polar surface area (TPSA) is 63.1 Å². The second-order valence-corrected chi connectivity index (χ2v) is 8.46. The highest BCUT2D eigenvalue weighted by molar-refractivity contribution is 5.93. The summed E-state index contributed by atoms with van der Waals surface area (Å²) in [7, 11) is 0. The molecule has 1 aliphatic rings. The summed E-state index contributed by atoms with van der Waals surface area (Å²) in [6.45, 7) is 13.4. The monoisotopic (exact) mass is 369 g/mol. The number of hydrogen-bond acceptors (Lipinski definition) is 4. The molecular weight excluding hydrogens is 338 g/mol. The first-order chi connectivity index (χ1) is 12.8. The first-order valence-electron chi connectivity index (χ1n) is 9.80. The molecule has 1 aromatic carbocycles. The van der Waals surface area contributed by atoms with E-state index in [0.29, 0.717) is 18.2 Å². The lowest BCUT2D eigenvalue weighted by Gasteiger charge is -2.43. The van der Waals surface area contributed by atoms with Crippen LogP contribution in [0, 0.1) is 19.8 Å². The zero-order valence-corrected chi connectivity index (χ0v) is 17.1. The van der Waals surface area contributed by atoms with Crippen molar-refractivity contribution in [3.8, 4) is 5.69 Å². The molecule has 27 heavy (non-hydrogen) atoms. The molecular formula is C21H31N5O. The molecule has 2 heterocycles. The number of rotatable bonds is 5. The Morgan fingerprint density at radius 3 is 2.81 bits per heavy atom. The number of likely N-dealkylation sites (tertiary alicyclic amines) is 1. The van der Waals surface area contributed by atoms with Crippen molar-refractivity contribution < 1.29 is 4.79 Å². The smallest absolute Gasteiger partial charge is 0.273 e. The Bertz CT molecular complexity index is 811. The second-order valence-electron chi connectivity index (χ2n) is 8.46. The summed E-state index contributed by atoms with van der Waals surface area (Å²) < 4.78 is 1.72. The first-order valence-corrected chi connectivity index (χ1v) is 9.80. The van der Waals surface area contributed by atoms with E-state index in [-0.39, 0.29) is 11.4 Å². The Kier molecular flexibility index (Phi) is 5.65. The van der Waals surface area contributed by atoms with E-state index in [2.05, 4.69) is 41.3 Å². The van der Waals surface area contributed by atoms with Crippen LogP contribution >= 0.6 is 0 Å². The Morgan fingerprint density at radius 1 is 1.33 bits per heavy atom. The zero-order valence-electron chi connectivity index (χ0n) is 17.1. The van der Waals surface area contributed by atoms with Gasteiger partial charge >= 0.3 is 0 Å². The molecule has 1 aromatic heterocycles. The van der Waals surface area contributed by atoms with Crippen LogP contribution < -0.4 is 5.32 Å². The maximum atomic E-state index is 12.7. The predicted molar refractivity (Wildman–Crippen MR) is 107 cm³/mol. The molecule has 0 saturated carbocycles. The number of hydrogen-bond donors (Lipinski definition) is 1. The van der Waals surface area contributed by atoms with Gasteiger partial charge in [-0.25, -0.2) is 4.68 Å². The molecule has 1 fully saturated rings. The van der Waals surface area contributed by atoms with Crippen LogP contribution in [0.1, 0.15) is 55.4 Å². The van der Waals surface area contributed by atoms with Crippen LogP contribution in [0.2, 0.25) is 0 Å². The lowest BCUT2D eigenvalue weighted by atomic mass is 9.93. The van der Waals surface area contributed by atoms with Crippen LogP contribution in [-0.2, 0) is 0 Å². The maximum absolute atomic E-state index is 12.7. The van der Waals surface area contributed by atoms with Gasteiger partial charge in [-0.3, -0.25) is 9.69 Å². The van der Waals surface area contributed by atoms with Crippen LogP contribution in [0.3, 0.4) is 0 Å². The molecule has 1 unspecified atom stereocenters. The highest BCUT2D eigenvalue weighted by Crippen LogP contribution is 2.23. The minimum Gasteiger partial charge on any atom is -0.349 e. The van der Waals surface area contributed by atoms with Gasteiger partial charge in [-0.2, -0.15) is 0 Å². The number of aryl methyl sites for hydroxylation is 1. The molecule has 0 radical (unpaired) electrons. The van der Waals surface area contributed by atoms with Crippen molar-refractivity contribution in [3.63, 3.8) is 0 Å². The number of piperidine rings is 1. The molecule has 1 saturated heterocycles. The fourth-order valence-corrected chi connectivity index (χ4v) is 3.78. The molecule has 1 amide bonds. The molecule has 146 valence electrons. The van der Waals surface area contributed by atoms with E-state index in [4.69, 9.17) is 0 Å². The SMILES string of the molecule is Cc1cccc(-n2nnc(C(=O)NCC(C)(C)N3CCCC(C)C3)c2C)c1. The summed E-state index contributed by atoms with van der Waals surface area (Å²) >= 11 is 0. The normalized spacial score (nSPS) is 18.5. The maximum Gasteiger partial charge on any atom is 0.273 e. The van der Waals surface area contributed by atoms with Crippen LogP contribution in [0.5, 0.6) is 0 Å². The number of aromatic nitrogens is 3. The summed E-state index contributed by atoms with van der Waals surface area (Å²) in [5.74, 6) is 0.551. The van der Waals surface area contributed by atoms with E-state index in [9.17, 15) is 4.79 Å². The largest absolute Gasteiger partial charge is 0.349 e. The van der Waals surface area contributed by atoms with Crippen molar-refractivity contribution in [1.29, 1.82) is 0 Å². The van der Waals surface area contributed by atoms with Gasteiger partial charge in [0.1, 0.15) is 0 Å². The number of amides is 1. The molecule has 6 heteroatoms. The van der Waals surface area contributed by atoms with E-state index in [1.807, 2.05) is 38.1 Å².